The van der Waals surface area contributed by atoms with E-state index in [9.17, 15) is 18.4 Å². The highest BCUT2D eigenvalue weighted by Crippen LogP contribution is 2.34. The molecule has 0 spiro atoms. The zero-order chi connectivity index (χ0) is 23.8. The van der Waals surface area contributed by atoms with E-state index in [1.165, 1.54) is 26.0 Å². The summed E-state index contributed by atoms with van der Waals surface area (Å²) < 4.78 is 30.4. The lowest BCUT2D eigenvalue weighted by Crippen LogP contribution is -2.37. The van der Waals surface area contributed by atoms with Gasteiger partial charge >= 0.3 is 5.92 Å². The number of Topliss-reactive ketones (excluding diaryl/α,β-unsaturated/α-hetero) is 1. The minimum Gasteiger partial charge on any atom is -0.338 e. The normalized spacial score (nSPS) is 16.8. The number of hydrogen-bond donors (Lipinski definition) is 0. The molecule has 1 aliphatic heterocycles. The number of halogens is 2. The number of hydrogen-bond acceptors (Lipinski definition) is 7. The second-order valence-corrected chi connectivity index (χ2v) is 9.65. The van der Waals surface area contributed by atoms with Crippen molar-refractivity contribution in [3.05, 3.63) is 52.1 Å². The van der Waals surface area contributed by atoms with Crippen LogP contribution in [0.25, 0.3) is 10.3 Å². The van der Waals surface area contributed by atoms with Gasteiger partial charge < -0.3 is 9.80 Å². The number of benzene rings is 1. The monoisotopic (exact) mass is 475 g/mol. The molecule has 1 aliphatic rings. The maximum Gasteiger partial charge on any atom is 0.317 e. The number of nitrogens with zero attached hydrogens (tertiary/aromatic N) is 5. The van der Waals surface area contributed by atoms with E-state index in [4.69, 9.17) is 0 Å². The fraction of sp³-hybridized carbons (Fsp3) is 0.478. The predicted molar refractivity (Wildman–Crippen MR) is 125 cm³/mol. The zero-order valence-corrected chi connectivity index (χ0v) is 19.7. The fourth-order valence-electron chi connectivity index (χ4n) is 4.27. The van der Waals surface area contributed by atoms with Gasteiger partial charge in [0.05, 0.1) is 12.6 Å². The number of carbonyl (C=O) groups excluding carboxylic acids is 1. The van der Waals surface area contributed by atoms with E-state index >= 15 is 0 Å². The Kier molecular flexibility index (Phi) is 6.58. The van der Waals surface area contributed by atoms with E-state index < -0.39 is 23.9 Å². The van der Waals surface area contributed by atoms with Crippen molar-refractivity contribution < 1.29 is 13.6 Å². The largest absolute Gasteiger partial charge is 0.338 e. The standard InChI is InChI=1S/C23H27F2N5O2S/c1-28(2)14-23(24,25)21-27-19-18(20(32)29(21)3)26-22(33-19)30-13-7-10-16(30)17(31)12-11-15-8-5-4-6-9-15/h4-6,8-9,16H,7,10-14H2,1-3H3/t16-/m1/s1. The minimum absolute atomic E-state index is 0.0595. The van der Waals surface area contributed by atoms with Crippen LogP contribution in [0.5, 0.6) is 0 Å². The number of fused-ring (bicyclic) bond motifs is 1. The average Bonchev–Trinajstić information content (AvgIpc) is 3.41. The first-order chi connectivity index (χ1) is 15.7. The Labute approximate surface area is 194 Å². The topological polar surface area (TPSA) is 71.3 Å². The maximum atomic E-state index is 14.7. The highest BCUT2D eigenvalue weighted by molar-refractivity contribution is 7.21. The Bertz CT molecular complexity index is 1210. The molecule has 4 rings (SSSR count). The number of alkyl halides is 2. The third-order valence-electron chi connectivity index (χ3n) is 5.85. The van der Waals surface area contributed by atoms with Crippen molar-refractivity contribution in [3.63, 3.8) is 0 Å². The summed E-state index contributed by atoms with van der Waals surface area (Å²) in [6.07, 6.45) is 2.61. The van der Waals surface area contributed by atoms with Gasteiger partial charge in [-0.3, -0.25) is 14.2 Å². The van der Waals surface area contributed by atoms with Gasteiger partial charge in [-0.25, -0.2) is 9.97 Å². The van der Waals surface area contributed by atoms with Crippen molar-refractivity contribution in [1.29, 1.82) is 0 Å². The molecule has 10 heteroatoms. The molecule has 1 fully saturated rings. The van der Waals surface area contributed by atoms with Gasteiger partial charge in [0.15, 0.2) is 27.1 Å². The molecule has 0 saturated carbocycles. The van der Waals surface area contributed by atoms with Crippen LogP contribution < -0.4 is 10.5 Å². The molecule has 176 valence electrons. The van der Waals surface area contributed by atoms with Gasteiger partial charge in [0.25, 0.3) is 5.56 Å². The zero-order valence-electron chi connectivity index (χ0n) is 18.9. The Morgan fingerprint density at radius 3 is 2.67 bits per heavy atom. The molecule has 0 bridgehead atoms. The lowest BCUT2D eigenvalue weighted by molar-refractivity contribution is -0.120. The smallest absolute Gasteiger partial charge is 0.317 e. The second kappa shape index (κ2) is 9.26. The highest BCUT2D eigenvalue weighted by atomic mass is 32.1. The molecule has 3 aromatic rings. The number of aromatic nitrogens is 3. The van der Waals surface area contributed by atoms with Crippen molar-refractivity contribution in [2.45, 2.75) is 37.6 Å². The Hall–Kier alpha value is -2.72. The van der Waals surface area contributed by atoms with Crippen LogP contribution in [-0.4, -0.2) is 58.4 Å². The molecule has 7 nitrogen and oxygen atoms in total. The third kappa shape index (κ3) is 4.81. The Morgan fingerprint density at radius 1 is 1.24 bits per heavy atom. The van der Waals surface area contributed by atoms with Crippen LogP contribution in [0.2, 0.25) is 0 Å². The van der Waals surface area contributed by atoms with Crippen molar-refractivity contribution >= 4 is 32.6 Å². The van der Waals surface area contributed by atoms with Gasteiger partial charge in [-0.15, -0.1) is 0 Å². The van der Waals surface area contributed by atoms with E-state index in [1.807, 2.05) is 35.2 Å². The maximum absolute atomic E-state index is 14.7. The van der Waals surface area contributed by atoms with Crippen molar-refractivity contribution in [2.75, 3.05) is 32.1 Å². The summed E-state index contributed by atoms with van der Waals surface area (Å²) in [6.45, 7) is 0.0695. The molecule has 33 heavy (non-hydrogen) atoms. The van der Waals surface area contributed by atoms with Gasteiger partial charge in [0.1, 0.15) is 0 Å². The predicted octanol–water partition coefficient (Wildman–Crippen LogP) is 3.21. The summed E-state index contributed by atoms with van der Waals surface area (Å²) in [6, 6.07) is 9.51. The first-order valence-electron chi connectivity index (χ1n) is 10.9. The molecule has 0 aliphatic carbocycles. The van der Waals surface area contributed by atoms with Gasteiger partial charge in [0, 0.05) is 20.0 Å². The van der Waals surface area contributed by atoms with Gasteiger partial charge in [-0.2, -0.15) is 8.78 Å². The van der Waals surface area contributed by atoms with Crippen molar-refractivity contribution in [3.8, 4) is 0 Å². The third-order valence-corrected chi connectivity index (χ3v) is 6.83. The van der Waals surface area contributed by atoms with E-state index in [0.717, 1.165) is 27.9 Å². The molecule has 0 N–H and O–H groups in total. The van der Waals surface area contributed by atoms with Crippen LogP contribution in [0.1, 0.15) is 30.7 Å². The summed E-state index contributed by atoms with van der Waals surface area (Å²) in [7, 11) is 4.37. The van der Waals surface area contributed by atoms with Crippen molar-refractivity contribution in [2.24, 2.45) is 7.05 Å². The van der Waals surface area contributed by atoms with E-state index in [2.05, 4.69) is 9.97 Å². The first kappa shape index (κ1) is 23.4. The SMILES string of the molecule is CN(C)CC(F)(F)c1nc2sc(N3CCC[C@@H]3C(=O)CCc3ccccc3)nc2c(=O)n1C. The molecule has 0 unspecified atom stereocenters. The molecule has 1 saturated heterocycles. The van der Waals surface area contributed by atoms with Crippen LogP contribution in [0.3, 0.4) is 0 Å². The second-order valence-electron chi connectivity index (χ2n) is 8.70. The number of likely N-dealkylation sites (N-methyl/N-ethyl adjacent to an activating group) is 1. The van der Waals surface area contributed by atoms with E-state index in [0.29, 0.717) is 30.9 Å². The fourth-order valence-corrected chi connectivity index (χ4v) is 5.28. The molecular formula is C23H27F2N5O2S. The lowest BCUT2D eigenvalue weighted by atomic mass is 10.0. The number of aryl methyl sites for hydroxylation is 1. The first-order valence-corrected chi connectivity index (χ1v) is 11.7. The summed E-state index contributed by atoms with van der Waals surface area (Å²) in [5.41, 5.74) is 0.556. The minimum atomic E-state index is -3.29. The number of rotatable bonds is 8. The van der Waals surface area contributed by atoms with Crippen molar-refractivity contribution in [1.82, 2.24) is 19.4 Å². The summed E-state index contributed by atoms with van der Waals surface area (Å²) >= 11 is 1.09. The van der Waals surface area contributed by atoms with E-state index in [-0.39, 0.29) is 22.2 Å². The number of anilines is 1. The summed E-state index contributed by atoms with van der Waals surface area (Å²) in [5, 5.41) is 0.484. The van der Waals surface area contributed by atoms with Crippen LogP contribution >= 0.6 is 11.3 Å². The van der Waals surface area contributed by atoms with Crippen LogP contribution in [0.4, 0.5) is 13.9 Å². The van der Waals surface area contributed by atoms with Crippen LogP contribution in [0, 0.1) is 0 Å². The number of carbonyl (C=O) groups is 1. The van der Waals surface area contributed by atoms with Gasteiger partial charge in [-0.1, -0.05) is 41.7 Å². The number of ketones is 1. The Morgan fingerprint density at radius 2 is 1.97 bits per heavy atom. The van der Waals surface area contributed by atoms with Crippen LogP contribution in [-0.2, 0) is 24.2 Å². The summed E-state index contributed by atoms with van der Waals surface area (Å²) in [4.78, 5) is 37.8. The average molecular weight is 476 g/mol. The quantitative estimate of drug-likeness (QED) is 0.498. The van der Waals surface area contributed by atoms with E-state index in [1.54, 1.807) is 0 Å². The molecule has 0 radical (unpaired) electrons. The molecule has 3 heterocycles. The van der Waals surface area contributed by atoms with Gasteiger partial charge in [-0.05, 0) is 38.9 Å². The summed E-state index contributed by atoms with van der Waals surface area (Å²) in [5.74, 6) is -3.75. The van der Waals surface area contributed by atoms with Crippen LogP contribution in [0.15, 0.2) is 35.1 Å². The number of thiazole rings is 1. The molecule has 2 aromatic heterocycles. The van der Waals surface area contributed by atoms with Gasteiger partial charge in [0.2, 0.25) is 0 Å². The molecule has 0 amide bonds. The lowest BCUT2D eigenvalue weighted by Gasteiger charge is -2.22. The molecular weight excluding hydrogens is 448 g/mol. The molecule has 1 atom stereocenters. The highest BCUT2D eigenvalue weighted by Gasteiger charge is 2.38. The molecule has 1 aromatic carbocycles. The Balaban J connectivity index is 1.60.